The lowest BCUT2D eigenvalue weighted by molar-refractivity contribution is -0.138. The third-order valence-corrected chi connectivity index (χ3v) is 2.47. The zero-order valence-electron chi connectivity index (χ0n) is 11.6. The van der Waals surface area contributed by atoms with Gasteiger partial charge in [-0.25, -0.2) is 14.9 Å². The molecule has 9 heteroatoms. The van der Waals surface area contributed by atoms with E-state index >= 15 is 0 Å². The summed E-state index contributed by atoms with van der Waals surface area (Å²) in [5, 5.41) is 19.1. The van der Waals surface area contributed by atoms with Crippen LogP contribution in [-0.4, -0.2) is 59.8 Å². The number of carbonyl (C=O) groups excluding carboxylic acids is 1. The van der Waals surface area contributed by atoms with Crippen LogP contribution in [0.2, 0.25) is 0 Å². The van der Waals surface area contributed by atoms with Crippen LogP contribution in [0.3, 0.4) is 0 Å². The maximum atomic E-state index is 10.6. The molecule has 0 saturated carbocycles. The fourth-order valence-corrected chi connectivity index (χ4v) is 1.23. The van der Waals surface area contributed by atoms with Crippen molar-refractivity contribution in [3.05, 3.63) is 0 Å². The molecule has 0 rings (SSSR count). The standard InChI is InChI=1S/C11H21N3O6/c1-8(13-7-20-11(17)19-2)14(18)6-4-3-5-9(12)10(15)16/h9,18H,3-7,12H2,1-2H3,(H,15,16). The molecule has 0 aliphatic carbocycles. The summed E-state index contributed by atoms with van der Waals surface area (Å²) in [7, 11) is 1.18. The number of nitrogens with zero attached hydrogens (tertiary/aromatic N) is 2. The second-order valence-corrected chi connectivity index (χ2v) is 4.00. The number of amidine groups is 1. The van der Waals surface area contributed by atoms with Gasteiger partial charge in [-0.2, -0.15) is 0 Å². The molecular weight excluding hydrogens is 270 g/mol. The Balaban J connectivity index is 3.84. The molecule has 9 nitrogen and oxygen atoms in total. The Morgan fingerprint density at radius 1 is 1.40 bits per heavy atom. The lowest BCUT2D eigenvalue weighted by Crippen LogP contribution is -2.30. The number of aliphatic imine (C=N–C) groups is 1. The van der Waals surface area contributed by atoms with E-state index in [2.05, 4.69) is 14.5 Å². The number of ether oxygens (including phenoxy) is 2. The lowest BCUT2D eigenvalue weighted by atomic mass is 10.1. The quantitative estimate of drug-likeness (QED) is 0.192. The Morgan fingerprint density at radius 2 is 2.05 bits per heavy atom. The summed E-state index contributed by atoms with van der Waals surface area (Å²) in [5.41, 5.74) is 5.34. The molecule has 0 fully saturated rings. The van der Waals surface area contributed by atoms with Gasteiger partial charge in [0.05, 0.1) is 7.11 Å². The highest BCUT2D eigenvalue weighted by Crippen LogP contribution is 2.01. The molecule has 1 unspecified atom stereocenters. The lowest BCUT2D eigenvalue weighted by Gasteiger charge is -2.16. The molecule has 0 aromatic heterocycles. The Bertz CT molecular complexity index is 347. The van der Waals surface area contributed by atoms with E-state index in [1.165, 1.54) is 7.11 Å². The van der Waals surface area contributed by atoms with Crippen LogP contribution < -0.4 is 5.73 Å². The number of rotatable bonds is 8. The van der Waals surface area contributed by atoms with Crippen LogP contribution in [0.15, 0.2) is 4.99 Å². The summed E-state index contributed by atoms with van der Waals surface area (Å²) < 4.78 is 8.77. The first-order chi connectivity index (χ1) is 9.38. The number of hydrogen-bond donors (Lipinski definition) is 3. The number of carboxylic acid groups (broad SMARTS) is 1. The van der Waals surface area contributed by atoms with Gasteiger partial charge in [-0.05, 0) is 26.2 Å². The highest BCUT2D eigenvalue weighted by Gasteiger charge is 2.11. The van der Waals surface area contributed by atoms with Crippen LogP contribution in [0.25, 0.3) is 0 Å². The monoisotopic (exact) mass is 291 g/mol. The van der Waals surface area contributed by atoms with Crippen LogP contribution in [-0.2, 0) is 14.3 Å². The number of carboxylic acids is 1. The van der Waals surface area contributed by atoms with E-state index in [-0.39, 0.29) is 19.1 Å². The highest BCUT2D eigenvalue weighted by molar-refractivity contribution is 5.78. The molecule has 0 aromatic carbocycles. The molecule has 0 amide bonds. The zero-order chi connectivity index (χ0) is 15.5. The minimum atomic E-state index is -1.04. The van der Waals surface area contributed by atoms with Gasteiger partial charge < -0.3 is 20.3 Å². The number of aliphatic carboxylic acids is 1. The number of unbranched alkanes of at least 4 members (excludes halogenated alkanes) is 1. The number of methoxy groups -OCH3 is 1. The first-order valence-corrected chi connectivity index (χ1v) is 6.05. The van der Waals surface area contributed by atoms with E-state index in [1.807, 2.05) is 0 Å². The zero-order valence-corrected chi connectivity index (χ0v) is 11.6. The summed E-state index contributed by atoms with van der Waals surface area (Å²) >= 11 is 0. The summed E-state index contributed by atoms with van der Waals surface area (Å²) in [4.78, 5) is 24.9. The molecule has 0 aliphatic heterocycles. The van der Waals surface area contributed by atoms with E-state index in [0.717, 1.165) is 5.06 Å². The predicted octanol–water partition coefficient (Wildman–Crippen LogP) is 0.419. The van der Waals surface area contributed by atoms with Crippen molar-refractivity contribution in [3.8, 4) is 0 Å². The first-order valence-electron chi connectivity index (χ1n) is 6.05. The van der Waals surface area contributed by atoms with Gasteiger partial charge >= 0.3 is 12.1 Å². The number of hydrogen-bond acceptors (Lipinski definition) is 7. The Morgan fingerprint density at radius 3 is 2.60 bits per heavy atom. The van der Waals surface area contributed by atoms with Gasteiger partial charge in [0.15, 0.2) is 6.73 Å². The predicted molar refractivity (Wildman–Crippen MR) is 69.4 cm³/mol. The van der Waals surface area contributed by atoms with E-state index in [9.17, 15) is 14.8 Å². The molecule has 0 spiro atoms. The molecule has 4 N–H and O–H groups in total. The van der Waals surface area contributed by atoms with E-state index in [4.69, 9.17) is 10.8 Å². The Hall–Kier alpha value is -1.87. The molecule has 20 heavy (non-hydrogen) atoms. The van der Waals surface area contributed by atoms with Gasteiger partial charge in [0.1, 0.15) is 11.9 Å². The molecule has 0 heterocycles. The minimum Gasteiger partial charge on any atom is -0.480 e. The van der Waals surface area contributed by atoms with Crippen molar-refractivity contribution in [1.82, 2.24) is 5.06 Å². The number of nitrogens with two attached hydrogens (primary N) is 1. The van der Waals surface area contributed by atoms with Crippen molar-refractivity contribution in [1.29, 1.82) is 0 Å². The topological polar surface area (TPSA) is 135 Å². The van der Waals surface area contributed by atoms with Crippen molar-refractivity contribution >= 4 is 18.0 Å². The SMILES string of the molecule is COC(=O)OCN=C(C)N(O)CCCCC(N)C(=O)O. The van der Waals surface area contributed by atoms with Crippen LogP contribution in [0.5, 0.6) is 0 Å². The summed E-state index contributed by atoms with van der Waals surface area (Å²) in [6, 6.07) is -0.884. The van der Waals surface area contributed by atoms with E-state index < -0.39 is 18.2 Å². The van der Waals surface area contributed by atoms with E-state index in [0.29, 0.717) is 19.3 Å². The largest absolute Gasteiger partial charge is 0.509 e. The third-order valence-electron chi connectivity index (χ3n) is 2.47. The maximum Gasteiger partial charge on any atom is 0.509 e. The molecule has 0 bridgehead atoms. The Kier molecular flexibility index (Phi) is 9.05. The normalized spacial score (nSPS) is 12.7. The fraction of sp³-hybridized carbons (Fsp3) is 0.727. The van der Waals surface area contributed by atoms with Crippen molar-refractivity contribution in [2.24, 2.45) is 10.7 Å². The van der Waals surface area contributed by atoms with Gasteiger partial charge in [-0.1, -0.05) is 0 Å². The average Bonchev–Trinajstić information content (AvgIpc) is 2.42. The Labute approximate surface area is 116 Å². The van der Waals surface area contributed by atoms with Crippen LogP contribution in [0, 0.1) is 0 Å². The minimum absolute atomic E-state index is 0.251. The van der Waals surface area contributed by atoms with Gasteiger partial charge in [0.2, 0.25) is 0 Å². The third kappa shape index (κ3) is 8.27. The second kappa shape index (κ2) is 9.98. The fourth-order valence-electron chi connectivity index (χ4n) is 1.23. The molecular formula is C11H21N3O6. The van der Waals surface area contributed by atoms with Gasteiger partial charge in [0.25, 0.3) is 0 Å². The number of carbonyl (C=O) groups is 2. The van der Waals surface area contributed by atoms with Crippen LogP contribution >= 0.6 is 0 Å². The van der Waals surface area contributed by atoms with Crippen molar-refractivity contribution in [3.63, 3.8) is 0 Å². The summed E-state index contributed by atoms with van der Waals surface area (Å²) in [6.45, 7) is 1.57. The molecule has 1 atom stereocenters. The molecule has 0 saturated heterocycles. The first kappa shape index (κ1) is 18.1. The van der Waals surface area contributed by atoms with Gasteiger partial charge in [0, 0.05) is 6.54 Å². The molecule has 0 radical (unpaired) electrons. The summed E-state index contributed by atoms with van der Waals surface area (Å²) in [5.74, 6) is -0.764. The van der Waals surface area contributed by atoms with Crippen LogP contribution in [0.4, 0.5) is 4.79 Å². The number of hydroxylamine groups is 2. The highest BCUT2D eigenvalue weighted by atomic mass is 16.7. The smallest absolute Gasteiger partial charge is 0.480 e. The molecule has 0 aromatic rings. The van der Waals surface area contributed by atoms with Gasteiger partial charge in [-0.15, -0.1) is 0 Å². The molecule has 116 valence electrons. The van der Waals surface area contributed by atoms with Crippen molar-refractivity contribution in [2.75, 3.05) is 20.4 Å². The maximum absolute atomic E-state index is 10.6. The van der Waals surface area contributed by atoms with Gasteiger partial charge in [-0.3, -0.25) is 10.0 Å². The van der Waals surface area contributed by atoms with E-state index in [1.54, 1.807) is 6.92 Å². The average molecular weight is 291 g/mol. The molecule has 0 aliphatic rings. The second-order valence-electron chi connectivity index (χ2n) is 4.00. The van der Waals surface area contributed by atoms with Crippen molar-refractivity contribution in [2.45, 2.75) is 32.2 Å². The van der Waals surface area contributed by atoms with Crippen molar-refractivity contribution < 1.29 is 29.4 Å². The van der Waals surface area contributed by atoms with Crippen LogP contribution in [0.1, 0.15) is 26.2 Å². The summed E-state index contributed by atoms with van der Waals surface area (Å²) in [6.07, 6.45) is 0.609.